The van der Waals surface area contributed by atoms with E-state index in [0.717, 1.165) is 10.6 Å². The van der Waals surface area contributed by atoms with Crippen molar-refractivity contribution in [2.75, 3.05) is 26.4 Å². The summed E-state index contributed by atoms with van der Waals surface area (Å²) in [7, 11) is -1.77. The summed E-state index contributed by atoms with van der Waals surface area (Å²) in [5, 5.41) is 6.25. The van der Waals surface area contributed by atoms with Crippen LogP contribution in [-0.2, 0) is 10.0 Å². The van der Waals surface area contributed by atoms with Crippen LogP contribution in [0.2, 0.25) is 0 Å². The van der Waals surface area contributed by atoms with E-state index in [2.05, 4.69) is 10.5 Å². The van der Waals surface area contributed by atoms with Gasteiger partial charge in [0.05, 0.1) is 6.26 Å². The third-order valence-electron chi connectivity index (χ3n) is 2.61. The molecule has 0 bridgehead atoms. The fourth-order valence-corrected chi connectivity index (χ4v) is 1.67. The molecule has 8 heteroatoms. The second-order valence-corrected chi connectivity index (χ2v) is 6.70. The Labute approximate surface area is 113 Å². The number of nitrogens with zero attached hydrogens (tertiary/aromatic N) is 2. The fraction of sp³-hybridized carbons (Fsp3) is 0.636. The van der Waals surface area contributed by atoms with Crippen LogP contribution in [0.15, 0.2) is 10.6 Å². The van der Waals surface area contributed by atoms with E-state index in [1.165, 1.54) is 7.05 Å². The van der Waals surface area contributed by atoms with Gasteiger partial charge < -0.3 is 9.84 Å². The molecule has 7 nitrogen and oxygen atoms in total. The first kappa shape index (κ1) is 15.6. The van der Waals surface area contributed by atoms with Crippen molar-refractivity contribution in [2.24, 2.45) is 0 Å². The van der Waals surface area contributed by atoms with Crippen LogP contribution in [0.25, 0.3) is 0 Å². The highest BCUT2D eigenvalue weighted by Crippen LogP contribution is 2.14. The Hall–Kier alpha value is -1.41. The van der Waals surface area contributed by atoms with Crippen LogP contribution in [-0.4, -0.2) is 50.2 Å². The van der Waals surface area contributed by atoms with Gasteiger partial charge in [-0.15, -0.1) is 0 Å². The topological polar surface area (TPSA) is 92.5 Å². The van der Waals surface area contributed by atoms with Crippen molar-refractivity contribution in [3.63, 3.8) is 0 Å². The van der Waals surface area contributed by atoms with Gasteiger partial charge in [0, 0.05) is 32.1 Å². The lowest BCUT2D eigenvalue weighted by molar-refractivity contribution is 0.0943. The maximum Gasteiger partial charge on any atom is 0.273 e. The van der Waals surface area contributed by atoms with Gasteiger partial charge in [0.15, 0.2) is 5.69 Å². The molecule has 1 aromatic rings. The lowest BCUT2D eigenvalue weighted by Gasteiger charge is -2.13. The average Bonchev–Trinajstić information content (AvgIpc) is 2.76. The van der Waals surface area contributed by atoms with Crippen molar-refractivity contribution >= 4 is 15.9 Å². The zero-order valence-corrected chi connectivity index (χ0v) is 12.3. The second-order valence-electron chi connectivity index (χ2n) is 4.61. The van der Waals surface area contributed by atoms with Gasteiger partial charge >= 0.3 is 0 Å². The standard InChI is InChI=1S/C11H19N3O4S/c1-8(2)10-7-9(13-18-10)11(15)12-5-6-14(3)19(4,16)17/h7-8H,5-6H2,1-4H3,(H,12,15). The number of carbonyl (C=O) groups excluding carboxylic acids is 1. The van der Waals surface area contributed by atoms with Gasteiger partial charge in [-0.05, 0) is 0 Å². The number of hydrogen-bond acceptors (Lipinski definition) is 5. The molecular weight excluding hydrogens is 270 g/mol. The van der Waals surface area contributed by atoms with E-state index in [0.29, 0.717) is 5.76 Å². The summed E-state index contributed by atoms with van der Waals surface area (Å²) in [6.07, 6.45) is 1.11. The predicted molar refractivity (Wildman–Crippen MR) is 70.4 cm³/mol. The molecule has 0 aromatic carbocycles. The number of likely N-dealkylation sites (N-methyl/N-ethyl adjacent to an activating group) is 1. The maximum atomic E-state index is 11.7. The van der Waals surface area contributed by atoms with E-state index in [1.54, 1.807) is 6.07 Å². The number of amides is 1. The third-order valence-corrected chi connectivity index (χ3v) is 3.92. The molecule has 0 saturated carbocycles. The van der Waals surface area contributed by atoms with Crippen LogP contribution in [0.1, 0.15) is 36.0 Å². The molecule has 0 aliphatic carbocycles. The van der Waals surface area contributed by atoms with Gasteiger partial charge in [-0.1, -0.05) is 19.0 Å². The summed E-state index contributed by atoms with van der Waals surface area (Å²) in [5.74, 6) is 0.418. The van der Waals surface area contributed by atoms with Crippen LogP contribution in [0.3, 0.4) is 0 Å². The molecule has 108 valence electrons. The van der Waals surface area contributed by atoms with Crippen molar-refractivity contribution in [3.05, 3.63) is 17.5 Å². The monoisotopic (exact) mass is 289 g/mol. The number of carbonyl (C=O) groups is 1. The van der Waals surface area contributed by atoms with E-state index in [1.807, 2.05) is 13.8 Å². The van der Waals surface area contributed by atoms with Gasteiger partial charge in [-0.25, -0.2) is 12.7 Å². The van der Waals surface area contributed by atoms with Crippen molar-refractivity contribution in [2.45, 2.75) is 19.8 Å². The minimum Gasteiger partial charge on any atom is -0.360 e. The summed E-state index contributed by atoms with van der Waals surface area (Å²) in [6.45, 7) is 4.29. The largest absolute Gasteiger partial charge is 0.360 e. The molecule has 0 fully saturated rings. The van der Waals surface area contributed by atoms with E-state index >= 15 is 0 Å². The lowest BCUT2D eigenvalue weighted by atomic mass is 10.1. The molecule has 19 heavy (non-hydrogen) atoms. The second kappa shape index (κ2) is 6.16. The van der Waals surface area contributed by atoms with Crippen molar-refractivity contribution < 1.29 is 17.7 Å². The van der Waals surface area contributed by atoms with Crippen LogP contribution in [0.4, 0.5) is 0 Å². The molecule has 1 rings (SSSR count). The van der Waals surface area contributed by atoms with Gasteiger partial charge in [0.2, 0.25) is 10.0 Å². The highest BCUT2D eigenvalue weighted by molar-refractivity contribution is 7.88. The summed E-state index contributed by atoms with van der Waals surface area (Å²) < 4.78 is 28.5. The molecule has 0 atom stereocenters. The molecular formula is C11H19N3O4S. The summed E-state index contributed by atoms with van der Waals surface area (Å²) >= 11 is 0. The number of aromatic nitrogens is 1. The molecule has 0 radical (unpaired) electrons. The highest BCUT2D eigenvalue weighted by Gasteiger charge is 2.15. The SMILES string of the molecule is CC(C)c1cc(C(=O)NCCN(C)S(C)(=O)=O)no1. The highest BCUT2D eigenvalue weighted by atomic mass is 32.2. The third kappa shape index (κ3) is 4.64. The Morgan fingerprint density at radius 3 is 2.63 bits per heavy atom. The summed E-state index contributed by atoms with van der Waals surface area (Å²) in [4.78, 5) is 11.7. The number of sulfonamides is 1. The van der Waals surface area contributed by atoms with Crippen LogP contribution in [0.5, 0.6) is 0 Å². The Morgan fingerprint density at radius 2 is 2.16 bits per heavy atom. The van der Waals surface area contributed by atoms with Gasteiger partial charge in [0.25, 0.3) is 5.91 Å². The van der Waals surface area contributed by atoms with Crippen molar-refractivity contribution in [3.8, 4) is 0 Å². The lowest BCUT2D eigenvalue weighted by Crippen LogP contribution is -2.35. The average molecular weight is 289 g/mol. The first-order chi connectivity index (χ1) is 8.71. The molecule has 1 amide bonds. The van der Waals surface area contributed by atoms with E-state index < -0.39 is 10.0 Å². The van der Waals surface area contributed by atoms with Gasteiger partial charge in [-0.3, -0.25) is 4.79 Å². The quantitative estimate of drug-likeness (QED) is 0.819. The summed E-state index contributed by atoms with van der Waals surface area (Å²) in [5.41, 5.74) is 0.200. The van der Waals surface area contributed by atoms with Crippen LogP contribution >= 0.6 is 0 Å². The minimum absolute atomic E-state index is 0.158. The molecule has 1 heterocycles. The number of rotatable bonds is 6. The van der Waals surface area contributed by atoms with E-state index in [-0.39, 0.29) is 30.6 Å². The zero-order valence-electron chi connectivity index (χ0n) is 11.5. The van der Waals surface area contributed by atoms with Gasteiger partial charge in [-0.2, -0.15) is 0 Å². The maximum absolute atomic E-state index is 11.7. The Balaban J connectivity index is 2.47. The Bertz CT molecular complexity index is 536. The first-order valence-electron chi connectivity index (χ1n) is 5.88. The smallest absolute Gasteiger partial charge is 0.273 e. The van der Waals surface area contributed by atoms with E-state index in [4.69, 9.17) is 4.52 Å². The zero-order chi connectivity index (χ0) is 14.6. The molecule has 0 unspecified atom stereocenters. The van der Waals surface area contributed by atoms with Gasteiger partial charge in [0.1, 0.15) is 5.76 Å². The minimum atomic E-state index is -3.22. The molecule has 1 aromatic heterocycles. The number of nitrogens with one attached hydrogen (secondary N) is 1. The van der Waals surface area contributed by atoms with Crippen molar-refractivity contribution in [1.29, 1.82) is 0 Å². The molecule has 1 N–H and O–H groups in total. The summed E-state index contributed by atoms with van der Waals surface area (Å²) in [6, 6.07) is 1.58. The number of hydrogen-bond donors (Lipinski definition) is 1. The normalized spacial score (nSPS) is 12.1. The predicted octanol–water partition coefficient (Wildman–Crippen LogP) is 0.419. The first-order valence-corrected chi connectivity index (χ1v) is 7.72. The Kier molecular flexibility index (Phi) is 5.07. The van der Waals surface area contributed by atoms with Crippen molar-refractivity contribution in [1.82, 2.24) is 14.8 Å². The molecule has 0 aliphatic heterocycles. The van der Waals surface area contributed by atoms with E-state index in [9.17, 15) is 13.2 Å². The molecule has 0 spiro atoms. The Morgan fingerprint density at radius 1 is 1.53 bits per heavy atom. The fourth-order valence-electron chi connectivity index (χ4n) is 1.25. The van der Waals surface area contributed by atoms with Crippen LogP contribution in [0, 0.1) is 0 Å². The molecule has 0 aliphatic rings. The molecule has 0 saturated heterocycles. The van der Waals surface area contributed by atoms with Crippen LogP contribution < -0.4 is 5.32 Å².